The number of nitrogens with zero attached hydrogens (tertiary/aromatic N) is 1. The maximum atomic E-state index is 11.8. The second-order valence-corrected chi connectivity index (χ2v) is 4.15. The Labute approximate surface area is 129 Å². The number of aromatic nitrogens is 1. The van der Waals surface area contributed by atoms with Crippen LogP contribution < -0.4 is 10.1 Å². The van der Waals surface area contributed by atoms with Crippen LogP contribution in [0.5, 0.6) is 5.88 Å². The van der Waals surface area contributed by atoms with Crippen molar-refractivity contribution in [2.24, 2.45) is 0 Å². The first-order chi connectivity index (χ1) is 10.5. The Balaban J connectivity index is 3.02. The smallest absolute Gasteiger partial charge is 0.347 e. The SMILES string of the molecule is CCOC(=O)C(=CNc1ccc(C)nc1OC)C(=O)OCC. The number of anilines is 1. The highest BCUT2D eigenvalue weighted by atomic mass is 16.6. The van der Waals surface area contributed by atoms with Crippen molar-refractivity contribution in [3.8, 4) is 5.88 Å². The number of carbonyl (C=O) groups excluding carboxylic acids is 2. The van der Waals surface area contributed by atoms with Crippen molar-refractivity contribution < 1.29 is 23.8 Å². The lowest BCUT2D eigenvalue weighted by Crippen LogP contribution is -2.19. The zero-order valence-corrected chi connectivity index (χ0v) is 13.1. The second kappa shape index (κ2) is 8.66. The summed E-state index contributed by atoms with van der Waals surface area (Å²) in [6.07, 6.45) is 1.23. The summed E-state index contributed by atoms with van der Waals surface area (Å²) in [5.74, 6) is -1.16. The predicted octanol–water partition coefficient (Wildman–Crippen LogP) is 1.82. The molecule has 0 saturated heterocycles. The van der Waals surface area contributed by atoms with Gasteiger partial charge in [0.25, 0.3) is 0 Å². The molecule has 0 amide bonds. The summed E-state index contributed by atoms with van der Waals surface area (Å²) >= 11 is 0. The molecular weight excluding hydrogens is 288 g/mol. The van der Waals surface area contributed by atoms with Gasteiger partial charge < -0.3 is 19.5 Å². The minimum absolute atomic E-state index is 0.158. The number of aryl methyl sites for hydroxylation is 1. The number of hydrogen-bond donors (Lipinski definition) is 1. The number of rotatable bonds is 7. The van der Waals surface area contributed by atoms with E-state index in [-0.39, 0.29) is 18.8 Å². The maximum absolute atomic E-state index is 11.8. The first-order valence-electron chi connectivity index (χ1n) is 6.86. The summed E-state index contributed by atoms with van der Waals surface area (Å²) in [5.41, 5.74) is 1.06. The van der Waals surface area contributed by atoms with Crippen molar-refractivity contribution in [1.82, 2.24) is 4.98 Å². The van der Waals surface area contributed by atoms with Crippen molar-refractivity contribution in [1.29, 1.82) is 0 Å². The molecule has 1 aromatic heterocycles. The van der Waals surface area contributed by atoms with E-state index in [1.165, 1.54) is 13.3 Å². The summed E-state index contributed by atoms with van der Waals surface area (Å²) in [4.78, 5) is 27.8. The zero-order chi connectivity index (χ0) is 16.5. The van der Waals surface area contributed by atoms with E-state index in [4.69, 9.17) is 14.2 Å². The van der Waals surface area contributed by atoms with E-state index in [1.54, 1.807) is 26.0 Å². The van der Waals surface area contributed by atoms with Gasteiger partial charge in [-0.15, -0.1) is 0 Å². The maximum Gasteiger partial charge on any atom is 0.347 e. The van der Waals surface area contributed by atoms with Gasteiger partial charge in [-0.25, -0.2) is 14.6 Å². The lowest BCUT2D eigenvalue weighted by Gasteiger charge is -2.10. The van der Waals surface area contributed by atoms with Crippen molar-refractivity contribution in [2.75, 3.05) is 25.6 Å². The number of hydrogen-bond acceptors (Lipinski definition) is 7. The second-order valence-electron chi connectivity index (χ2n) is 4.15. The molecule has 120 valence electrons. The van der Waals surface area contributed by atoms with Crippen molar-refractivity contribution in [3.05, 3.63) is 29.6 Å². The molecule has 1 aromatic rings. The van der Waals surface area contributed by atoms with E-state index in [9.17, 15) is 9.59 Å². The lowest BCUT2D eigenvalue weighted by molar-refractivity contribution is -0.146. The van der Waals surface area contributed by atoms with Gasteiger partial charge >= 0.3 is 11.9 Å². The van der Waals surface area contributed by atoms with E-state index in [0.29, 0.717) is 11.6 Å². The molecule has 0 radical (unpaired) electrons. The molecule has 0 bridgehead atoms. The van der Waals surface area contributed by atoms with Crippen molar-refractivity contribution >= 4 is 17.6 Å². The molecule has 0 saturated carbocycles. The van der Waals surface area contributed by atoms with E-state index in [1.807, 2.05) is 6.92 Å². The molecule has 0 aliphatic heterocycles. The van der Waals surface area contributed by atoms with Crippen LogP contribution in [-0.2, 0) is 19.1 Å². The Hall–Kier alpha value is -2.57. The van der Waals surface area contributed by atoms with Crippen LogP contribution in [0.3, 0.4) is 0 Å². The van der Waals surface area contributed by atoms with E-state index < -0.39 is 11.9 Å². The molecule has 7 nitrogen and oxygen atoms in total. The lowest BCUT2D eigenvalue weighted by atomic mass is 10.3. The van der Waals surface area contributed by atoms with Gasteiger partial charge in [0.15, 0.2) is 5.57 Å². The predicted molar refractivity (Wildman–Crippen MR) is 80.5 cm³/mol. The number of pyridine rings is 1. The number of esters is 2. The fourth-order valence-corrected chi connectivity index (χ4v) is 1.57. The minimum Gasteiger partial charge on any atom is -0.480 e. The quantitative estimate of drug-likeness (QED) is 0.356. The summed E-state index contributed by atoms with van der Waals surface area (Å²) in [5, 5.41) is 2.82. The molecular formula is C15H20N2O5. The number of carbonyl (C=O) groups is 2. The van der Waals surface area contributed by atoms with E-state index >= 15 is 0 Å². The Morgan fingerprint density at radius 2 is 1.77 bits per heavy atom. The van der Waals surface area contributed by atoms with Crippen molar-refractivity contribution in [2.45, 2.75) is 20.8 Å². The zero-order valence-electron chi connectivity index (χ0n) is 13.1. The number of ether oxygens (including phenoxy) is 3. The first-order valence-corrected chi connectivity index (χ1v) is 6.86. The third-order valence-corrected chi connectivity index (χ3v) is 2.56. The Morgan fingerprint density at radius 3 is 2.27 bits per heavy atom. The molecule has 1 rings (SSSR count). The van der Waals surface area contributed by atoms with Crippen LogP contribution in [-0.4, -0.2) is 37.2 Å². The van der Waals surface area contributed by atoms with Crippen LogP contribution in [0.2, 0.25) is 0 Å². The average molecular weight is 308 g/mol. The summed E-state index contributed by atoms with van der Waals surface area (Å²) in [6, 6.07) is 3.50. The van der Waals surface area contributed by atoms with Crippen molar-refractivity contribution in [3.63, 3.8) is 0 Å². The van der Waals surface area contributed by atoms with Crippen LogP contribution in [0.25, 0.3) is 0 Å². The highest BCUT2D eigenvalue weighted by Crippen LogP contribution is 2.22. The normalized spacial score (nSPS) is 9.64. The molecule has 1 heterocycles. The van der Waals surface area contributed by atoms with Gasteiger partial charge in [-0.1, -0.05) is 0 Å². The molecule has 0 aromatic carbocycles. The van der Waals surface area contributed by atoms with Crippen LogP contribution >= 0.6 is 0 Å². The molecule has 22 heavy (non-hydrogen) atoms. The number of methoxy groups -OCH3 is 1. The molecule has 0 fully saturated rings. The molecule has 0 unspecified atom stereocenters. The van der Waals surface area contributed by atoms with Gasteiger partial charge in [0.05, 0.1) is 20.3 Å². The fraction of sp³-hybridized carbons (Fsp3) is 0.400. The van der Waals surface area contributed by atoms with Gasteiger partial charge in [-0.05, 0) is 32.9 Å². The molecule has 0 spiro atoms. The monoisotopic (exact) mass is 308 g/mol. The minimum atomic E-state index is -0.757. The van der Waals surface area contributed by atoms with Gasteiger partial charge in [0.1, 0.15) is 5.69 Å². The third-order valence-electron chi connectivity index (χ3n) is 2.56. The van der Waals surface area contributed by atoms with Crippen LogP contribution in [0.4, 0.5) is 5.69 Å². The Bertz CT molecular complexity index is 549. The van der Waals surface area contributed by atoms with Gasteiger partial charge in [-0.3, -0.25) is 0 Å². The standard InChI is InChI=1S/C15H20N2O5/c1-5-21-14(18)11(15(19)22-6-2)9-16-12-8-7-10(3)17-13(12)20-4/h7-9,16H,5-6H2,1-4H3. The molecule has 0 aliphatic carbocycles. The molecule has 7 heteroatoms. The topological polar surface area (TPSA) is 86.8 Å². The average Bonchev–Trinajstić information content (AvgIpc) is 2.49. The molecule has 0 aliphatic rings. The Morgan fingerprint density at radius 1 is 1.18 bits per heavy atom. The first kappa shape index (κ1) is 17.5. The molecule has 1 N–H and O–H groups in total. The van der Waals surface area contributed by atoms with E-state index in [0.717, 1.165) is 5.69 Å². The fourth-order valence-electron chi connectivity index (χ4n) is 1.57. The summed E-state index contributed by atoms with van der Waals surface area (Å²) < 4.78 is 14.8. The summed E-state index contributed by atoms with van der Waals surface area (Å²) in [6.45, 7) is 5.45. The van der Waals surface area contributed by atoms with Crippen LogP contribution in [0.15, 0.2) is 23.9 Å². The Kier molecular flexibility index (Phi) is 6.88. The third kappa shape index (κ3) is 4.76. The van der Waals surface area contributed by atoms with Crippen LogP contribution in [0.1, 0.15) is 19.5 Å². The van der Waals surface area contributed by atoms with E-state index in [2.05, 4.69) is 10.3 Å². The van der Waals surface area contributed by atoms with Gasteiger partial charge in [0, 0.05) is 11.9 Å². The number of nitrogens with one attached hydrogen (secondary N) is 1. The molecule has 0 atom stereocenters. The van der Waals surface area contributed by atoms with Crippen LogP contribution in [0, 0.1) is 6.92 Å². The summed E-state index contributed by atoms with van der Waals surface area (Å²) in [7, 11) is 1.48. The highest BCUT2D eigenvalue weighted by molar-refractivity contribution is 6.14. The van der Waals surface area contributed by atoms with Gasteiger partial charge in [0.2, 0.25) is 5.88 Å². The largest absolute Gasteiger partial charge is 0.480 e. The van der Waals surface area contributed by atoms with Gasteiger partial charge in [-0.2, -0.15) is 0 Å². The highest BCUT2D eigenvalue weighted by Gasteiger charge is 2.21.